The second-order valence-electron chi connectivity index (χ2n) is 3.50. The van der Waals surface area contributed by atoms with E-state index < -0.39 is 0 Å². The van der Waals surface area contributed by atoms with Crippen LogP contribution in [0.4, 0.5) is 0 Å². The highest BCUT2D eigenvalue weighted by atomic mass is 16.5. The summed E-state index contributed by atoms with van der Waals surface area (Å²) in [5.74, 6) is 0.0552. The first-order chi connectivity index (χ1) is 9.10. The summed E-state index contributed by atoms with van der Waals surface area (Å²) in [5.41, 5.74) is 0.0972. The van der Waals surface area contributed by atoms with E-state index >= 15 is 0 Å². The van der Waals surface area contributed by atoms with Crippen LogP contribution in [-0.4, -0.2) is 28.7 Å². The molecule has 0 amide bonds. The maximum atomic E-state index is 10.1. The molecular weight excluding hydrogens is 248 g/mol. The van der Waals surface area contributed by atoms with E-state index in [1.165, 1.54) is 25.3 Å². The smallest absolute Gasteiger partial charge is 0.168 e. The Morgan fingerprint density at radius 2 is 1.58 bits per heavy atom. The molecule has 0 unspecified atom stereocenters. The minimum Gasteiger partial charge on any atom is -0.504 e. The van der Waals surface area contributed by atoms with Crippen molar-refractivity contribution in [3.63, 3.8) is 0 Å². The van der Waals surface area contributed by atoms with E-state index in [-0.39, 0.29) is 22.8 Å². The molecule has 19 heavy (non-hydrogen) atoms. The molecule has 0 bridgehead atoms. The van der Waals surface area contributed by atoms with Crippen LogP contribution < -0.4 is 4.74 Å². The molecule has 5 heteroatoms. The van der Waals surface area contributed by atoms with Crippen LogP contribution in [0.15, 0.2) is 42.5 Å². The number of phenols is 3. The maximum Gasteiger partial charge on any atom is 0.168 e. The Balaban J connectivity index is 0.000000191. The molecule has 0 aliphatic heterocycles. The number of phenolic OH excluding ortho intramolecular Hbond substituents is 3. The van der Waals surface area contributed by atoms with Crippen molar-refractivity contribution in [1.29, 1.82) is 0 Å². The SMILES string of the molecule is COc1ccccc1O.O=Cc1cccc(O)c1O. The molecule has 0 radical (unpaired) electrons. The molecular formula is C14H14O5. The number of aldehydes is 1. The number of hydrogen-bond acceptors (Lipinski definition) is 5. The average molecular weight is 262 g/mol. The number of carbonyl (C=O) groups excluding carboxylic acids is 1. The lowest BCUT2D eigenvalue weighted by atomic mass is 10.2. The van der Waals surface area contributed by atoms with Gasteiger partial charge < -0.3 is 20.1 Å². The molecule has 0 fully saturated rings. The van der Waals surface area contributed by atoms with Crippen molar-refractivity contribution < 1.29 is 24.9 Å². The molecule has 0 aliphatic carbocycles. The van der Waals surface area contributed by atoms with Gasteiger partial charge in [0.25, 0.3) is 0 Å². The van der Waals surface area contributed by atoms with Crippen molar-refractivity contribution in [3.8, 4) is 23.0 Å². The third kappa shape index (κ3) is 3.92. The van der Waals surface area contributed by atoms with Gasteiger partial charge >= 0.3 is 0 Å². The average Bonchev–Trinajstić information content (AvgIpc) is 2.43. The number of methoxy groups -OCH3 is 1. The number of ether oxygens (including phenoxy) is 1. The fraction of sp³-hybridized carbons (Fsp3) is 0.0714. The largest absolute Gasteiger partial charge is 0.504 e. The summed E-state index contributed by atoms with van der Waals surface area (Å²) in [6.45, 7) is 0. The van der Waals surface area contributed by atoms with Crippen LogP contribution in [0.1, 0.15) is 10.4 Å². The van der Waals surface area contributed by atoms with Crippen molar-refractivity contribution >= 4 is 6.29 Å². The highest BCUT2D eigenvalue weighted by Crippen LogP contribution is 2.26. The third-order valence-electron chi connectivity index (χ3n) is 2.26. The summed E-state index contributed by atoms with van der Waals surface area (Å²) in [5, 5.41) is 26.7. The number of carbonyl (C=O) groups is 1. The van der Waals surface area contributed by atoms with Gasteiger partial charge in [-0.3, -0.25) is 4.79 Å². The molecule has 2 aromatic carbocycles. The number of rotatable bonds is 2. The molecule has 0 saturated heterocycles. The monoisotopic (exact) mass is 262 g/mol. The third-order valence-corrected chi connectivity index (χ3v) is 2.26. The molecule has 0 heterocycles. The lowest BCUT2D eigenvalue weighted by molar-refractivity contribution is 0.112. The first kappa shape index (κ1) is 14.4. The highest BCUT2D eigenvalue weighted by molar-refractivity contribution is 5.80. The summed E-state index contributed by atoms with van der Waals surface area (Å²) in [4.78, 5) is 10.1. The van der Waals surface area contributed by atoms with Crippen LogP contribution in [-0.2, 0) is 0 Å². The fourth-order valence-corrected chi connectivity index (χ4v) is 1.27. The number of hydrogen-bond donors (Lipinski definition) is 3. The number of aromatic hydroxyl groups is 3. The van der Waals surface area contributed by atoms with Crippen molar-refractivity contribution in [2.45, 2.75) is 0 Å². The summed E-state index contributed by atoms with van der Waals surface area (Å²) >= 11 is 0. The molecule has 3 N–H and O–H groups in total. The summed E-state index contributed by atoms with van der Waals surface area (Å²) < 4.78 is 4.79. The van der Waals surface area contributed by atoms with E-state index in [1.54, 1.807) is 24.3 Å². The van der Waals surface area contributed by atoms with Gasteiger partial charge in [-0.05, 0) is 24.3 Å². The summed E-state index contributed by atoms with van der Waals surface area (Å²) in [6.07, 6.45) is 0.481. The fourth-order valence-electron chi connectivity index (χ4n) is 1.27. The van der Waals surface area contributed by atoms with Gasteiger partial charge in [-0.1, -0.05) is 18.2 Å². The topological polar surface area (TPSA) is 87.0 Å². The predicted octanol–water partition coefficient (Wildman–Crippen LogP) is 2.31. The lowest BCUT2D eigenvalue weighted by Gasteiger charge is -1.99. The van der Waals surface area contributed by atoms with Crippen LogP contribution in [0.3, 0.4) is 0 Å². The lowest BCUT2D eigenvalue weighted by Crippen LogP contribution is -1.80. The van der Waals surface area contributed by atoms with Gasteiger partial charge in [0.05, 0.1) is 12.7 Å². The molecule has 2 aromatic rings. The van der Waals surface area contributed by atoms with Crippen molar-refractivity contribution in [1.82, 2.24) is 0 Å². The summed E-state index contributed by atoms with van der Waals surface area (Å²) in [6, 6.07) is 11.0. The molecule has 5 nitrogen and oxygen atoms in total. The predicted molar refractivity (Wildman–Crippen MR) is 69.8 cm³/mol. The van der Waals surface area contributed by atoms with E-state index in [1.807, 2.05) is 0 Å². The van der Waals surface area contributed by atoms with Gasteiger partial charge in [0.2, 0.25) is 0 Å². The minimum absolute atomic E-state index is 0.0972. The standard InChI is InChI=1S/C7H6O3.C7H8O2/c8-4-5-2-1-3-6(9)7(5)10;1-9-7-5-3-2-4-6(7)8/h1-4,9-10H;2-5,8H,1H3. The molecule has 0 aliphatic rings. The van der Waals surface area contributed by atoms with Crippen LogP contribution in [0, 0.1) is 0 Å². The van der Waals surface area contributed by atoms with Gasteiger partial charge in [0.1, 0.15) is 0 Å². The van der Waals surface area contributed by atoms with E-state index in [0.29, 0.717) is 12.0 Å². The Labute approximate surface area is 110 Å². The number of benzene rings is 2. The molecule has 100 valence electrons. The first-order valence-electron chi connectivity index (χ1n) is 5.38. The van der Waals surface area contributed by atoms with Crippen molar-refractivity contribution in [2.75, 3.05) is 7.11 Å². The van der Waals surface area contributed by atoms with E-state index in [9.17, 15) is 4.79 Å². The first-order valence-corrected chi connectivity index (χ1v) is 5.38. The Hall–Kier alpha value is -2.69. The Kier molecular flexibility index (Phi) is 5.22. The van der Waals surface area contributed by atoms with Gasteiger partial charge in [0.15, 0.2) is 29.3 Å². The zero-order chi connectivity index (χ0) is 14.3. The normalized spacial score (nSPS) is 9.11. The van der Waals surface area contributed by atoms with E-state index in [2.05, 4.69) is 0 Å². The summed E-state index contributed by atoms with van der Waals surface area (Å²) in [7, 11) is 1.52. The molecule has 0 spiro atoms. The highest BCUT2D eigenvalue weighted by Gasteiger charge is 2.02. The van der Waals surface area contributed by atoms with Crippen molar-refractivity contribution in [3.05, 3.63) is 48.0 Å². The van der Waals surface area contributed by atoms with Crippen molar-refractivity contribution in [2.24, 2.45) is 0 Å². The molecule has 2 rings (SSSR count). The Bertz CT molecular complexity index is 551. The van der Waals surface area contributed by atoms with E-state index in [4.69, 9.17) is 20.1 Å². The molecule has 0 atom stereocenters. The van der Waals surface area contributed by atoms with Crippen LogP contribution in [0.2, 0.25) is 0 Å². The van der Waals surface area contributed by atoms with Gasteiger partial charge in [-0.15, -0.1) is 0 Å². The van der Waals surface area contributed by atoms with Gasteiger partial charge in [-0.2, -0.15) is 0 Å². The second kappa shape index (κ2) is 6.90. The molecule has 0 saturated carbocycles. The van der Waals surface area contributed by atoms with Gasteiger partial charge in [0, 0.05) is 0 Å². The van der Waals surface area contributed by atoms with Crippen LogP contribution >= 0.6 is 0 Å². The Morgan fingerprint density at radius 1 is 0.947 bits per heavy atom. The Morgan fingerprint density at radius 3 is 2.05 bits per heavy atom. The number of para-hydroxylation sites is 3. The van der Waals surface area contributed by atoms with Crippen LogP contribution in [0.25, 0.3) is 0 Å². The zero-order valence-corrected chi connectivity index (χ0v) is 10.3. The maximum absolute atomic E-state index is 10.1. The van der Waals surface area contributed by atoms with Gasteiger partial charge in [-0.25, -0.2) is 0 Å². The van der Waals surface area contributed by atoms with Crippen LogP contribution in [0.5, 0.6) is 23.0 Å². The quantitative estimate of drug-likeness (QED) is 0.571. The van der Waals surface area contributed by atoms with E-state index in [0.717, 1.165) is 0 Å². The second-order valence-corrected chi connectivity index (χ2v) is 3.50. The zero-order valence-electron chi connectivity index (χ0n) is 10.3. The minimum atomic E-state index is -0.363. The molecule has 0 aromatic heterocycles.